The molecule has 0 aliphatic carbocycles. The van der Waals surface area contributed by atoms with E-state index in [1.165, 1.54) is 19.1 Å². The minimum absolute atomic E-state index is 0.149. The van der Waals surface area contributed by atoms with Crippen LogP contribution in [0.5, 0.6) is 5.75 Å². The van der Waals surface area contributed by atoms with Crippen LogP contribution in [0.2, 0.25) is 5.02 Å². The molecule has 16 heteroatoms. The molecule has 4 rings (SSSR count). The molecule has 0 spiro atoms. The number of nitrogens with zero attached hydrogens (tertiary/aromatic N) is 2. The Kier molecular flexibility index (Phi) is 8.82. The van der Waals surface area contributed by atoms with Gasteiger partial charge in [0.2, 0.25) is 0 Å². The first-order valence-corrected chi connectivity index (χ1v) is 15.9. The zero-order valence-corrected chi connectivity index (χ0v) is 24.2. The van der Waals surface area contributed by atoms with Gasteiger partial charge in [-0.2, -0.15) is 23.2 Å². The predicted molar refractivity (Wildman–Crippen MR) is 141 cm³/mol. The topological polar surface area (TPSA) is 146 Å². The Morgan fingerprint density at radius 1 is 1.20 bits per heavy atom. The Labute approximate surface area is 241 Å². The predicted octanol–water partition coefficient (Wildman–Crippen LogP) is 4.01. The number of ether oxygens (including phenoxy) is 1. The number of aryl methyl sites for hydroxylation is 1. The number of sulfonamides is 1. The van der Waals surface area contributed by atoms with Crippen molar-refractivity contribution in [1.29, 1.82) is 5.26 Å². The Hall–Kier alpha value is -3.02. The van der Waals surface area contributed by atoms with E-state index in [0.29, 0.717) is 39.8 Å². The van der Waals surface area contributed by atoms with Crippen LogP contribution in [0.15, 0.2) is 65.1 Å². The van der Waals surface area contributed by atoms with Gasteiger partial charge in [-0.1, -0.05) is 23.7 Å². The highest BCUT2D eigenvalue weighted by Gasteiger charge is 2.36. The highest BCUT2D eigenvalue weighted by atomic mass is 35.5. The largest absolute Gasteiger partial charge is 0.809 e. The van der Waals surface area contributed by atoms with E-state index in [9.17, 15) is 35.9 Å². The third kappa shape index (κ3) is 6.90. The summed E-state index contributed by atoms with van der Waals surface area (Å²) in [5, 5.41) is 9.52. The second-order valence-corrected chi connectivity index (χ2v) is 13.7. The molecule has 2 heterocycles. The van der Waals surface area contributed by atoms with Gasteiger partial charge < -0.3 is 19.1 Å². The van der Waals surface area contributed by atoms with Crippen LogP contribution in [0.1, 0.15) is 28.0 Å². The van der Waals surface area contributed by atoms with Crippen LogP contribution >= 0.6 is 30.5 Å². The first kappa shape index (κ1) is 30.9. The summed E-state index contributed by atoms with van der Waals surface area (Å²) in [4.78, 5) is 24.2. The number of pyridine rings is 1. The van der Waals surface area contributed by atoms with Gasteiger partial charge in [0.25, 0.3) is 10.0 Å². The average molecular weight is 645 g/mol. The van der Waals surface area contributed by atoms with Gasteiger partial charge in [0.15, 0.2) is 18.9 Å². The zero-order chi connectivity index (χ0) is 30.2. The van der Waals surface area contributed by atoms with Gasteiger partial charge in [-0.3, -0.25) is 0 Å². The molecule has 0 radical (unpaired) electrons. The molecule has 2 aromatic heterocycles. The number of hydrogen-bond donors (Lipinski definition) is 1. The lowest BCUT2D eigenvalue weighted by Gasteiger charge is -2.38. The molecule has 1 N–H and O–H groups in total. The first-order valence-electron chi connectivity index (χ1n) is 11.6. The average Bonchev–Trinajstić information content (AvgIpc) is 3.24. The van der Waals surface area contributed by atoms with Crippen LogP contribution in [0.4, 0.5) is 13.2 Å². The van der Waals surface area contributed by atoms with Crippen molar-refractivity contribution >= 4 is 50.6 Å². The molecule has 0 aliphatic rings. The number of halogens is 4. The van der Waals surface area contributed by atoms with E-state index in [4.69, 9.17) is 21.6 Å². The third-order valence-corrected chi connectivity index (χ3v) is 11.0. The molecule has 0 fully saturated rings. The molecule has 4 aromatic rings. The van der Waals surface area contributed by atoms with Crippen LogP contribution in [-0.2, 0) is 27.3 Å². The molecule has 1 atom stereocenters. The summed E-state index contributed by atoms with van der Waals surface area (Å²) < 4.78 is 88.4. The number of hydrogen-bond acceptors (Lipinski definition) is 8. The van der Waals surface area contributed by atoms with Crippen molar-refractivity contribution in [3.63, 3.8) is 0 Å². The van der Waals surface area contributed by atoms with E-state index in [2.05, 4.69) is 0 Å². The lowest BCUT2D eigenvalue weighted by atomic mass is 10.0. The molecule has 9 nitrogen and oxygen atoms in total. The van der Waals surface area contributed by atoms with Crippen molar-refractivity contribution in [3.8, 4) is 11.8 Å². The van der Waals surface area contributed by atoms with Gasteiger partial charge in [0.05, 0.1) is 32.7 Å². The molecule has 216 valence electrons. The summed E-state index contributed by atoms with van der Waals surface area (Å²) >= 11 is 7.08. The van der Waals surface area contributed by atoms with E-state index in [1.54, 1.807) is 10.8 Å². The maximum atomic E-state index is 13.4. The summed E-state index contributed by atoms with van der Waals surface area (Å²) in [5.74, 6) is -2.24. The molecular weight excluding hydrogens is 626 g/mol. The fraction of sp³-hybridized carbons (Fsp3) is 0.200. The van der Waals surface area contributed by atoms with E-state index in [-0.39, 0.29) is 23.3 Å². The summed E-state index contributed by atoms with van der Waals surface area (Å²) in [6.45, 7) is 2.21. The zero-order valence-electron chi connectivity index (χ0n) is 20.9. The molecule has 0 saturated carbocycles. The van der Waals surface area contributed by atoms with Gasteiger partial charge in [-0.05, 0) is 43.8 Å². The summed E-state index contributed by atoms with van der Waals surface area (Å²) in [5.41, 5.74) is -2.98. The maximum absolute atomic E-state index is 13.4. The van der Waals surface area contributed by atoms with Crippen LogP contribution < -0.4 is 23.8 Å². The van der Waals surface area contributed by atoms with Crippen molar-refractivity contribution in [3.05, 3.63) is 88.2 Å². The Morgan fingerprint density at radius 3 is 2.49 bits per heavy atom. The van der Waals surface area contributed by atoms with Gasteiger partial charge in [0, 0.05) is 23.6 Å². The second kappa shape index (κ2) is 11.7. The standard InChI is InChI=1S/C25H20ClF3N3O6PS2/c1-15-19-12-18(38-10-9-32-7-3-2-4-8-32)13-21(26)22(19)40-24(15)41(36,37)31-23(39(33,34)35)16-5-6-17(14-30)20(11-16)25(27,28)29/h2-8,11-13,23,31H,9-10H2,1H3,(H-,33,34,35)/p-1. The van der Waals surface area contributed by atoms with Crippen molar-refractivity contribution in [2.75, 3.05) is 6.61 Å². The molecule has 1 unspecified atom stereocenters. The number of nitrogens with one attached hydrogen (secondary N) is 1. The molecule has 0 amide bonds. The summed E-state index contributed by atoms with van der Waals surface area (Å²) in [6.07, 6.45) is -1.37. The minimum Gasteiger partial charge on any atom is -0.809 e. The van der Waals surface area contributed by atoms with E-state index < -0.39 is 50.5 Å². The van der Waals surface area contributed by atoms with Crippen LogP contribution in [0, 0.1) is 18.3 Å². The Bertz CT molecular complexity index is 1810. The monoisotopic (exact) mass is 644 g/mol. The fourth-order valence-corrected chi connectivity index (χ4v) is 8.60. The van der Waals surface area contributed by atoms with Crippen molar-refractivity contribution in [2.24, 2.45) is 0 Å². The summed E-state index contributed by atoms with van der Waals surface area (Å²) in [6, 6.07) is 11.6. The van der Waals surface area contributed by atoms with Crippen molar-refractivity contribution in [2.45, 2.75) is 29.6 Å². The van der Waals surface area contributed by atoms with Gasteiger partial charge in [0.1, 0.15) is 16.6 Å². The number of nitriles is 1. The number of alkyl halides is 3. The Balaban J connectivity index is 1.68. The molecule has 0 bridgehead atoms. The molecule has 0 saturated heterocycles. The van der Waals surface area contributed by atoms with E-state index in [0.717, 1.165) is 6.07 Å². The SMILES string of the molecule is Cc1c(S(=O)(=O)NC(c2ccc(C#N)c(C(F)(F)F)c2)P(=O)([O-])[O-])sc2c(Cl)cc(OCC[n+]3ccccc3)cc12. The molecular formula is C25H19ClF3N3O6PS2-. The second-order valence-electron chi connectivity index (χ2n) is 8.74. The number of thiophene rings is 1. The van der Waals surface area contributed by atoms with Crippen LogP contribution in [0.3, 0.4) is 0 Å². The Morgan fingerprint density at radius 2 is 1.88 bits per heavy atom. The van der Waals surface area contributed by atoms with E-state index >= 15 is 0 Å². The smallest absolute Gasteiger partial charge is 0.417 e. The molecule has 41 heavy (non-hydrogen) atoms. The van der Waals surface area contributed by atoms with Crippen LogP contribution in [-0.4, -0.2) is 15.0 Å². The van der Waals surface area contributed by atoms with E-state index in [1.807, 2.05) is 35.2 Å². The van der Waals surface area contributed by atoms with Crippen LogP contribution in [0.25, 0.3) is 10.1 Å². The minimum atomic E-state index is -5.90. The lowest BCUT2D eigenvalue weighted by Crippen LogP contribution is -2.35. The maximum Gasteiger partial charge on any atom is 0.417 e. The number of benzene rings is 2. The normalized spacial score (nSPS) is 13.2. The van der Waals surface area contributed by atoms with Gasteiger partial charge in [-0.15, -0.1) is 11.3 Å². The quantitative estimate of drug-likeness (QED) is 0.214. The first-order chi connectivity index (χ1) is 19.1. The van der Waals surface area contributed by atoms with Gasteiger partial charge >= 0.3 is 6.18 Å². The number of rotatable bonds is 9. The molecule has 0 aliphatic heterocycles. The third-order valence-electron chi connectivity index (χ3n) is 5.93. The summed E-state index contributed by atoms with van der Waals surface area (Å²) in [7, 11) is -10.7. The van der Waals surface area contributed by atoms with Crippen molar-refractivity contribution < 1.29 is 45.2 Å². The number of fused-ring (bicyclic) bond motifs is 1. The van der Waals surface area contributed by atoms with Crippen molar-refractivity contribution in [1.82, 2.24) is 4.72 Å². The lowest BCUT2D eigenvalue weighted by molar-refractivity contribution is -0.697. The fourth-order valence-electron chi connectivity index (χ4n) is 4.00. The highest BCUT2D eigenvalue weighted by Crippen LogP contribution is 2.46. The van der Waals surface area contributed by atoms with Gasteiger partial charge in [-0.25, -0.2) is 13.0 Å². The highest BCUT2D eigenvalue weighted by molar-refractivity contribution is 7.92. The molecule has 2 aromatic carbocycles. The number of aromatic nitrogens is 1.